The zero-order valence-corrected chi connectivity index (χ0v) is 14.0. The van der Waals surface area contributed by atoms with Gasteiger partial charge in [-0.3, -0.25) is 0 Å². The van der Waals surface area contributed by atoms with Gasteiger partial charge in [0, 0.05) is 6.04 Å². The van der Waals surface area contributed by atoms with Gasteiger partial charge < -0.3 is 5.32 Å². The second-order valence-electron chi connectivity index (χ2n) is 5.99. The summed E-state index contributed by atoms with van der Waals surface area (Å²) in [5.74, 6) is 0. The van der Waals surface area contributed by atoms with E-state index in [9.17, 15) is 0 Å². The van der Waals surface area contributed by atoms with Crippen LogP contribution in [0.4, 0.5) is 0 Å². The van der Waals surface area contributed by atoms with Gasteiger partial charge in [0.25, 0.3) is 0 Å². The van der Waals surface area contributed by atoms with Crippen molar-refractivity contribution in [2.45, 2.75) is 58.4 Å². The van der Waals surface area contributed by atoms with Crippen molar-refractivity contribution in [1.29, 1.82) is 0 Å². The molecule has 20 heavy (non-hydrogen) atoms. The Hall–Kier alpha value is -0.240. The predicted molar refractivity (Wildman–Crippen MR) is 88.8 cm³/mol. The van der Waals surface area contributed by atoms with Crippen LogP contribution in [0.3, 0.4) is 0 Å². The Morgan fingerprint density at radius 1 is 1.15 bits per heavy atom. The highest BCUT2D eigenvalue weighted by Gasteiger charge is 2.39. The molecule has 0 heterocycles. The monoisotopic (exact) mass is 313 g/mol. The molecule has 0 aromatic heterocycles. The molecule has 1 aliphatic carbocycles. The molecule has 2 rings (SSSR count). The second-order valence-corrected chi connectivity index (χ2v) is 6.80. The largest absolute Gasteiger partial charge is 0.313 e. The summed E-state index contributed by atoms with van der Waals surface area (Å²) >= 11 is 12.2. The lowest BCUT2D eigenvalue weighted by atomic mass is 9.74. The van der Waals surface area contributed by atoms with Crippen LogP contribution in [0, 0.1) is 5.41 Å². The summed E-state index contributed by atoms with van der Waals surface area (Å²) in [6.45, 7) is 5.55. The van der Waals surface area contributed by atoms with Gasteiger partial charge in [0.05, 0.1) is 10.0 Å². The third kappa shape index (κ3) is 3.50. The molecule has 1 saturated carbocycles. The number of hydrogen-bond donors (Lipinski definition) is 1. The van der Waals surface area contributed by atoms with E-state index in [1.807, 2.05) is 12.1 Å². The van der Waals surface area contributed by atoms with Crippen molar-refractivity contribution in [2.24, 2.45) is 5.41 Å². The Labute approximate surface area is 133 Å². The van der Waals surface area contributed by atoms with E-state index in [1.165, 1.54) is 37.7 Å². The summed E-state index contributed by atoms with van der Waals surface area (Å²) in [6, 6.07) is 6.58. The first-order valence-corrected chi connectivity index (χ1v) is 8.54. The summed E-state index contributed by atoms with van der Waals surface area (Å²) in [6.07, 6.45) is 7.74. The van der Waals surface area contributed by atoms with E-state index in [1.54, 1.807) is 0 Å². The van der Waals surface area contributed by atoms with Crippen LogP contribution in [0.1, 0.15) is 51.5 Å². The summed E-state index contributed by atoms with van der Waals surface area (Å²) in [5, 5.41) is 5.03. The molecule has 1 unspecified atom stereocenters. The van der Waals surface area contributed by atoms with Crippen LogP contribution in [0.2, 0.25) is 10.0 Å². The molecule has 0 amide bonds. The number of halogens is 2. The minimum Gasteiger partial charge on any atom is -0.313 e. The molecule has 0 radical (unpaired) electrons. The number of benzene rings is 1. The number of hydrogen-bond acceptors (Lipinski definition) is 1. The minimum absolute atomic E-state index is 0.460. The number of rotatable bonds is 6. The van der Waals surface area contributed by atoms with Crippen LogP contribution in [-0.4, -0.2) is 12.6 Å². The Balaban J connectivity index is 2.18. The van der Waals surface area contributed by atoms with Gasteiger partial charge in [0.1, 0.15) is 0 Å². The number of nitrogens with one attached hydrogen (secondary N) is 1. The van der Waals surface area contributed by atoms with E-state index in [4.69, 9.17) is 23.2 Å². The van der Waals surface area contributed by atoms with Crippen molar-refractivity contribution >= 4 is 23.2 Å². The average molecular weight is 314 g/mol. The maximum Gasteiger partial charge on any atom is 0.0595 e. The van der Waals surface area contributed by atoms with E-state index in [-0.39, 0.29) is 0 Å². The Kier molecular flexibility index (Phi) is 5.77. The Morgan fingerprint density at radius 2 is 1.85 bits per heavy atom. The topological polar surface area (TPSA) is 12.0 Å². The first kappa shape index (κ1) is 16.1. The fourth-order valence-corrected chi connectivity index (χ4v) is 4.00. The summed E-state index contributed by atoms with van der Waals surface area (Å²) in [7, 11) is 0. The lowest BCUT2D eigenvalue weighted by Crippen LogP contribution is -2.45. The van der Waals surface area contributed by atoms with E-state index < -0.39 is 0 Å². The molecule has 1 atom stereocenters. The Bertz CT molecular complexity index is 439. The SMILES string of the molecule is CCNC(Cc1ccc(Cl)c(Cl)c1)C1(CC)CCCC1. The van der Waals surface area contributed by atoms with Crippen LogP contribution in [-0.2, 0) is 6.42 Å². The highest BCUT2D eigenvalue weighted by Crippen LogP contribution is 2.44. The van der Waals surface area contributed by atoms with Crippen LogP contribution < -0.4 is 5.32 Å². The van der Waals surface area contributed by atoms with Crippen LogP contribution in [0.5, 0.6) is 0 Å². The molecular formula is C17H25Cl2N. The van der Waals surface area contributed by atoms with E-state index in [0.717, 1.165) is 13.0 Å². The van der Waals surface area contributed by atoms with Gasteiger partial charge >= 0.3 is 0 Å². The third-order valence-electron chi connectivity index (χ3n) is 4.92. The lowest BCUT2D eigenvalue weighted by Gasteiger charge is -2.38. The molecule has 0 saturated heterocycles. The molecule has 0 bridgehead atoms. The van der Waals surface area contributed by atoms with Gasteiger partial charge in [0.2, 0.25) is 0 Å². The van der Waals surface area contributed by atoms with Gasteiger partial charge in [-0.1, -0.05) is 56.0 Å². The van der Waals surface area contributed by atoms with Crippen molar-refractivity contribution < 1.29 is 0 Å². The lowest BCUT2D eigenvalue weighted by molar-refractivity contribution is 0.186. The van der Waals surface area contributed by atoms with E-state index in [0.29, 0.717) is 21.5 Å². The van der Waals surface area contributed by atoms with Gasteiger partial charge in [-0.15, -0.1) is 0 Å². The fraction of sp³-hybridized carbons (Fsp3) is 0.647. The first-order chi connectivity index (χ1) is 9.61. The highest BCUT2D eigenvalue weighted by atomic mass is 35.5. The highest BCUT2D eigenvalue weighted by molar-refractivity contribution is 6.42. The molecule has 0 spiro atoms. The van der Waals surface area contributed by atoms with Crippen molar-refractivity contribution in [3.05, 3.63) is 33.8 Å². The van der Waals surface area contributed by atoms with Crippen LogP contribution in [0.15, 0.2) is 18.2 Å². The molecule has 3 heteroatoms. The Morgan fingerprint density at radius 3 is 2.40 bits per heavy atom. The molecule has 1 aliphatic rings. The zero-order valence-electron chi connectivity index (χ0n) is 12.5. The normalized spacial score (nSPS) is 19.2. The molecule has 1 aromatic rings. The molecule has 112 valence electrons. The second kappa shape index (κ2) is 7.15. The van der Waals surface area contributed by atoms with Crippen molar-refractivity contribution in [1.82, 2.24) is 5.32 Å². The van der Waals surface area contributed by atoms with Crippen molar-refractivity contribution in [3.8, 4) is 0 Å². The fourth-order valence-electron chi connectivity index (χ4n) is 3.68. The molecule has 0 aliphatic heterocycles. The quantitative estimate of drug-likeness (QED) is 0.732. The zero-order chi connectivity index (χ0) is 14.6. The molecular weight excluding hydrogens is 289 g/mol. The minimum atomic E-state index is 0.460. The molecule has 1 fully saturated rings. The van der Waals surface area contributed by atoms with Crippen LogP contribution in [0.25, 0.3) is 0 Å². The van der Waals surface area contributed by atoms with Gasteiger partial charge in [0.15, 0.2) is 0 Å². The predicted octanol–water partition coefficient (Wildman–Crippen LogP) is 5.48. The van der Waals surface area contributed by atoms with E-state index in [2.05, 4.69) is 25.2 Å². The smallest absolute Gasteiger partial charge is 0.0595 e. The van der Waals surface area contributed by atoms with Gasteiger partial charge in [-0.25, -0.2) is 0 Å². The van der Waals surface area contributed by atoms with Gasteiger partial charge in [-0.2, -0.15) is 0 Å². The molecule has 1 nitrogen and oxygen atoms in total. The maximum absolute atomic E-state index is 6.15. The van der Waals surface area contributed by atoms with Crippen molar-refractivity contribution in [2.75, 3.05) is 6.54 Å². The van der Waals surface area contributed by atoms with Gasteiger partial charge in [-0.05, 0) is 55.3 Å². The summed E-state index contributed by atoms with van der Waals surface area (Å²) in [5.41, 5.74) is 1.74. The summed E-state index contributed by atoms with van der Waals surface area (Å²) < 4.78 is 0. The van der Waals surface area contributed by atoms with Crippen LogP contribution >= 0.6 is 23.2 Å². The van der Waals surface area contributed by atoms with E-state index >= 15 is 0 Å². The third-order valence-corrected chi connectivity index (χ3v) is 5.66. The summed E-state index contributed by atoms with van der Waals surface area (Å²) in [4.78, 5) is 0. The maximum atomic E-state index is 6.15. The molecule has 1 aromatic carbocycles. The molecule has 1 N–H and O–H groups in total. The average Bonchev–Trinajstić information content (AvgIpc) is 2.92. The first-order valence-electron chi connectivity index (χ1n) is 7.78. The van der Waals surface area contributed by atoms with Crippen molar-refractivity contribution in [3.63, 3.8) is 0 Å². The number of likely N-dealkylation sites (N-methyl/N-ethyl adjacent to an activating group) is 1. The standard InChI is InChI=1S/C17H25Cl2N/c1-3-17(9-5-6-10-17)16(20-4-2)12-13-7-8-14(18)15(19)11-13/h7-8,11,16,20H,3-6,9-10,12H2,1-2H3.